The molecular weight excluding hydrogens is 480 g/mol. The number of nitrogens with zero attached hydrogens (tertiary/aromatic N) is 2. The summed E-state index contributed by atoms with van der Waals surface area (Å²) in [5.41, 5.74) is 1.32. The SMILES string of the molecule is O=S(=O)(c1ccc2c(c1)OCCO2)c1nc(-c2ccco2)oc1N1CCC(Cc2ccccc2)CC1. The van der Waals surface area contributed by atoms with Crippen LogP contribution in [0.2, 0.25) is 0 Å². The summed E-state index contributed by atoms with van der Waals surface area (Å²) in [5.74, 6) is 2.21. The molecule has 4 heterocycles. The van der Waals surface area contributed by atoms with Crippen molar-refractivity contribution < 1.29 is 26.7 Å². The molecule has 0 bridgehead atoms. The van der Waals surface area contributed by atoms with Gasteiger partial charge in [-0.3, -0.25) is 0 Å². The molecule has 0 saturated carbocycles. The fourth-order valence-corrected chi connectivity index (χ4v) is 6.11. The van der Waals surface area contributed by atoms with Gasteiger partial charge < -0.3 is 23.2 Å². The van der Waals surface area contributed by atoms with Crippen molar-refractivity contribution in [3.8, 4) is 23.1 Å². The maximum Gasteiger partial charge on any atom is 0.266 e. The predicted octanol–water partition coefficient (Wildman–Crippen LogP) is 5.00. The average molecular weight is 507 g/mol. The zero-order chi connectivity index (χ0) is 24.5. The maximum atomic E-state index is 13.8. The van der Waals surface area contributed by atoms with Crippen LogP contribution in [0.1, 0.15) is 18.4 Å². The Morgan fingerprint density at radius 3 is 2.44 bits per heavy atom. The molecule has 0 aliphatic carbocycles. The molecule has 9 heteroatoms. The standard InChI is InChI=1S/C27H26N2O6S/c30-36(31,21-8-9-22-24(18-21)34-16-15-33-22)26-27(35-25(28-26)23-7-4-14-32-23)29-12-10-20(11-13-29)17-19-5-2-1-3-6-19/h1-9,14,18,20H,10-13,15-17H2. The summed E-state index contributed by atoms with van der Waals surface area (Å²) in [4.78, 5) is 6.47. The number of aromatic nitrogens is 1. The van der Waals surface area contributed by atoms with Gasteiger partial charge in [-0.15, -0.1) is 0 Å². The van der Waals surface area contributed by atoms with Crippen LogP contribution in [0.5, 0.6) is 11.5 Å². The smallest absolute Gasteiger partial charge is 0.266 e. The molecule has 4 aromatic rings. The third-order valence-corrected chi connectivity index (χ3v) is 8.31. The zero-order valence-electron chi connectivity index (χ0n) is 19.6. The van der Waals surface area contributed by atoms with E-state index in [1.165, 1.54) is 24.0 Å². The quantitative estimate of drug-likeness (QED) is 0.361. The Labute approximate surface area is 209 Å². The maximum absolute atomic E-state index is 13.8. The first-order valence-corrected chi connectivity index (χ1v) is 13.5. The lowest BCUT2D eigenvalue weighted by molar-refractivity contribution is 0.171. The lowest BCUT2D eigenvalue weighted by atomic mass is 9.90. The van der Waals surface area contributed by atoms with Gasteiger partial charge in [-0.05, 0) is 55.0 Å². The molecule has 2 aromatic carbocycles. The summed E-state index contributed by atoms with van der Waals surface area (Å²) in [5, 5.41) is -0.118. The fraction of sp³-hybridized carbons (Fsp3) is 0.296. The Kier molecular flexibility index (Phi) is 5.92. The van der Waals surface area contributed by atoms with E-state index < -0.39 is 9.84 Å². The van der Waals surface area contributed by atoms with E-state index in [4.69, 9.17) is 18.3 Å². The molecule has 8 nitrogen and oxygen atoms in total. The second-order valence-electron chi connectivity index (χ2n) is 9.04. The number of hydrogen-bond donors (Lipinski definition) is 0. The summed E-state index contributed by atoms with van der Waals surface area (Å²) in [7, 11) is -4.01. The highest BCUT2D eigenvalue weighted by molar-refractivity contribution is 7.91. The fourth-order valence-electron chi connectivity index (χ4n) is 4.77. The van der Waals surface area contributed by atoms with Crippen LogP contribution >= 0.6 is 0 Å². The van der Waals surface area contributed by atoms with Gasteiger partial charge in [0.15, 0.2) is 17.3 Å². The molecule has 0 atom stereocenters. The number of benzene rings is 2. The molecular formula is C27H26N2O6S. The molecule has 0 N–H and O–H groups in total. The van der Waals surface area contributed by atoms with Crippen LogP contribution in [0.25, 0.3) is 11.7 Å². The Morgan fingerprint density at radius 2 is 1.69 bits per heavy atom. The summed E-state index contributed by atoms with van der Waals surface area (Å²) >= 11 is 0. The molecule has 1 saturated heterocycles. The van der Waals surface area contributed by atoms with Gasteiger partial charge in [-0.25, -0.2) is 8.42 Å². The monoisotopic (exact) mass is 506 g/mol. The largest absolute Gasteiger partial charge is 0.486 e. The van der Waals surface area contributed by atoms with E-state index in [0.717, 1.165) is 19.3 Å². The van der Waals surface area contributed by atoms with E-state index in [-0.39, 0.29) is 21.7 Å². The average Bonchev–Trinajstić information content (AvgIpc) is 3.60. The third kappa shape index (κ3) is 4.35. The molecule has 0 spiro atoms. The van der Waals surface area contributed by atoms with Gasteiger partial charge in [-0.2, -0.15) is 4.98 Å². The molecule has 6 rings (SSSR count). The Hall–Kier alpha value is -3.72. The molecule has 1 fully saturated rings. The summed E-state index contributed by atoms with van der Waals surface area (Å²) in [6.45, 7) is 2.15. The van der Waals surface area contributed by atoms with Crippen molar-refractivity contribution in [1.82, 2.24) is 4.98 Å². The number of oxazole rings is 1. The highest BCUT2D eigenvalue weighted by Crippen LogP contribution is 2.39. The molecule has 0 amide bonds. The van der Waals surface area contributed by atoms with E-state index in [1.807, 2.05) is 11.0 Å². The highest BCUT2D eigenvalue weighted by Gasteiger charge is 2.34. The van der Waals surface area contributed by atoms with Crippen LogP contribution in [0.15, 0.2) is 85.7 Å². The molecule has 0 radical (unpaired) electrons. The molecule has 2 aliphatic heterocycles. The molecule has 0 unspecified atom stereocenters. The van der Waals surface area contributed by atoms with E-state index >= 15 is 0 Å². The number of piperidine rings is 1. The predicted molar refractivity (Wildman–Crippen MR) is 132 cm³/mol. The molecule has 2 aliphatic rings. The van der Waals surface area contributed by atoms with E-state index in [2.05, 4.69) is 29.2 Å². The van der Waals surface area contributed by atoms with Gasteiger partial charge in [-0.1, -0.05) is 30.3 Å². The number of furan rings is 1. The van der Waals surface area contributed by atoms with Crippen molar-refractivity contribution in [2.45, 2.75) is 29.2 Å². The van der Waals surface area contributed by atoms with Crippen LogP contribution in [0, 0.1) is 5.92 Å². The number of hydrogen-bond acceptors (Lipinski definition) is 8. The van der Waals surface area contributed by atoms with Gasteiger partial charge in [0.25, 0.3) is 5.89 Å². The van der Waals surface area contributed by atoms with Crippen molar-refractivity contribution in [3.05, 3.63) is 72.5 Å². The lowest BCUT2D eigenvalue weighted by Crippen LogP contribution is -2.34. The summed E-state index contributed by atoms with van der Waals surface area (Å²) < 4.78 is 50.2. The minimum Gasteiger partial charge on any atom is -0.486 e. The third-order valence-electron chi connectivity index (χ3n) is 6.66. The van der Waals surface area contributed by atoms with Crippen molar-refractivity contribution in [1.29, 1.82) is 0 Å². The van der Waals surface area contributed by atoms with Gasteiger partial charge in [0.2, 0.25) is 20.7 Å². The first kappa shape index (κ1) is 22.7. The molecule has 2 aromatic heterocycles. The lowest BCUT2D eigenvalue weighted by Gasteiger charge is -2.32. The van der Waals surface area contributed by atoms with Crippen molar-refractivity contribution >= 4 is 15.7 Å². The van der Waals surface area contributed by atoms with Gasteiger partial charge in [0.05, 0.1) is 11.2 Å². The normalized spacial score (nSPS) is 16.3. The van der Waals surface area contributed by atoms with Crippen LogP contribution in [0.4, 0.5) is 5.88 Å². The second-order valence-corrected chi connectivity index (χ2v) is 10.9. The van der Waals surface area contributed by atoms with E-state index in [1.54, 1.807) is 18.2 Å². The van der Waals surface area contributed by atoms with Crippen molar-refractivity contribution in [2.24, 2.45) is 5.92 Å². The van der Waals surface area contributed by atoms with Crippen LogP contribution in [-0.4, -0.2) is 39.7 Å². The topological polar surface area (TPSA) is 95.0 Å². The van der Waals surface area contributed by atoms with Crippen LogP contribution < -0.4 is 14.4 Å². The first-order valence-electron chi connectivity index (χ1n) is 12.1. The van der Waals surface area contributed by atoms with Crippen LogP contribution in [0.3, 0.4) is 0 Å². The zero-order valence-corrected chi connectivity index (χ0v) is 20.4. The highest BCUT2D eigenvalue weighted by atomic mass is 32.2. The van der Waals surface area contributed by atoms with E-state index in [0.29, 0.717) is 49.5 Å². The molecule has 186 valence electrons. The van der Waals surface area contributed by atoms with Gasteiger partial charge >= 0.3 is 0 Å². The van der Waals surface area contributed by atoms with E-state index in [9.17, 15) is 8.42 Å². The van der Waals surface area contributed by atoms with Crippen molar-refractivity contribution in [2.75, 3.05) is 31.2 Å². The Balaban J connectivity index is 1.31. The Bertz CT molecular complexity index is 1440. The van der Waals surface area contributed by atoms with Gasteiger partial charge in [0, 0.05) is 19.2 Å². The Morgan fingerprint density at radius 1 is 0.917 bits per heavy atom. The summed E-state index contributed by atoms with van der Waals surface area (Å²) in [6.07, 6.45) is 4.36. The number of fused-ring (bicyclic) bond motifs is 1. The minimum atomic E-state index is -4.01. The van der Waals surface area contributed by atoms with Gasteiger partial charge in [0.1, 0.15) is 13.2 Å². The van der Waals surface area contributed by atoms with Crippen LogP contribution in [-0.2, 0) is 16.3 Å². The second kappa shape index (κ2) is 9.39. The minimum absolute atomic E-state index is 0.0752. The number of anilines is 1. The molecule has 36 heavy (non-hydrogen) atoms. The first-order chi connectivity index (χ1) is 17.6. The summed E-state index contributed by atoms with van der Waals surface area (Å²) in [6, 6.07) is 18.5. The number of sulfone groups is 1. The number of rotatable bonds is 6. The number of ether oxygens (including phenoxy) is 2. The van der Waals surface area contributed by atoms with Crippen molar-refractivity contribution in [3.63, 3.8) is 0 Å².